The molecule has 23 heavy (non-hydrogen) atoms. The highest BCUT2D eigenvalue weighted by atomic mass is 32.2. The highest BCUT2D eigenvalue weighted by Crippen LogP contribution is 2.34. The Morgan fingerprint density at radius 3 is 2.35 bits per heavy atom. The van der Waals surface area contributed by atoms with Crippen LogP contribution >= 0.6 is 0 Å². The summed E-state index contributed by atoms with van der Waals surface area (Å²) < 4.78 is 31.5. The van der Waals surface area contributed by atoms with Crippen molar-refractivity contribution in [2.45, 2.75) is 75.4 Å². The lowest BCUT2D eigenvalue weighted by molar-refractivity contribution is -0.0740. The van der Waals surface area contributed by atoms with E-state index in [-0.39, 0.29) is 18.0 Å². The van der Waals surface area contributed by atoms with Crippen molar-refractivity contribution in [2.24, 2.45) is 5.92 Å². The van der Waals surface area contributed by atoms with E-state index in [1.54, 1.807) is 12.1 Å². The van der Waals surface area contributed by atoms with Crippen LogP contribution in [0.3, 0.4) is 0 Å². The van der Waals surface area contributed by atoms with Gasteiger partial charge in [-0.25, -0.2) is 8.42 Å². The summed E-state index contributed by atoms with van der Waals surface area (Å²) >= 11 is 0. The van der Waals surface area contributed by atoms with Gasteiger partial charge in [0.2, 0.25) is 0 Å². The van der Waals surface area contributed by atoms with E-state index in [1.165, 1.54) is 32.1 Å². The smallest absolute Gasteiger partial charge is 0.180 e. The predicted molar refractivity (Wildman–Crippen MR) is 92.3 cm³/mol. The van der Waals surface area contributed by atoms with Crippen LogP contribution in [0, 0.1) is 12.8 Å². The molecule has 3 nitrogen and oxygen atoms in total. The second-order valence-electron chi connectivity index (χ2n) is 7.22. The summed E-state index contributed by atoms with van der Waals surface area (Å²) in [7, 11) is -3.26. The van der Waals surface area contributed by atoms with Crippen LogP contribution in [0.2, 0.25) is 0 Å². The fourth-order valence-corrected chi connectivity index (χ4v) is 5.47. The molecule has 0 spiro atoms. The Labute approximate surface area is 140 Å². The highest BCUT2D eigenvalue weighted by molar-refractivity contribution is 7.91. The number of aryl methyl sites for hydroxylation is 1. The molecule has 1 heterocycles. The molecule has 128 valence electrons. The van der Waals surface area contributed by atoms with Gasteiger partial charge in [0.15, 0.2) is 9.84 Å². The van der Waals surface area contributed by atoms with Crippen molar-refractivity contribution >= 4 is 9.84 Å². The molecule has 1 saturated carbocycles. The van der Waals surface area contributed by atoms with Crippen LogP contribution in [0.15, 0.2) is 29.2 Å². The van der Waals surface area contributed by atoms with Crippen molar-refractivity contribution in [3.8, 4) is 0 Å². The summed E-state index contributed by atoms with van der Waals surface area (Å²) in [5, 5.41) is 0. The predicted octanol–water partition coefficient (Wildman–Crippen LogP) is 4.29. The van der Waals surface area contributed by atoms with Crippen molar-refractivity contribution in [3.63, 3.8) is 0 Å². The Bertz CT molecular complexity index is 600. The monoisotopic (exact) mass is 336 g/mol. The van der Waals surface area contributed by atoms with E-state index >= 15 is 0 Å². The maximum Gasteiger partial charge on any atom is 0.180 e. The molecule has 0 N–H and O–H groups in total. The first-order chi connectivity index (χ1) is 11.0. The summed E-state index contributed by atoms with van der Waals surface area (Å²) in [5.74, 6) is 0.771. The first-order valence-electron chi connectivity index (χ1n) is 8.99. The van der Waals surface area contributed by atoms with E-state index in [2.05, 4.69) is 0 Å². The van der Waals surface area contributed by atoms with Crippen LogP contribution in [0.4, 0.5) is 0 Å². The molecular weight excluding hydrogens is 308 g/mol. The molecule has 1 saturated heterocycles. The molecule has 1 aromatic carbocycles. The minimum absolute atomic E-state index is 0.124. The third kappa shape index (κ3) is 4.36. The summed E-state index contributed by atoms with van der Waals surface area (Å²) in [6, 6.07) is 7.15. The first-order valence-corrected chi connectivity index (χ1v) is 10.6. The zero-order valence-electron chi connectivity index (χ0n) is 14.0. The third-order valence-corrected chi connectivity index (χ3v) is 7.14. The normalized spacial score (nSPS) is 27.0. The molecule has 0 aromatic heterocycles. The maximum absolute atomic E-state index is 12.6. The van der Waals surface area contributed by atoms with Gasteiger partial charge in [0.05, 0.1) is 22.9 Å². The molecule has 1 aliphatic heterocycles. The van der Waals surface area contributed by atoms with Crippen LogP contribution in [-0.4, -0.2) is 26.4 Å². The Morgan fingerprint density at radius 2 is 1.65 bits per heavy atom. The molecule has 0 amide bonds. The lowest BCUT2D eigenvalue weighted by Gasteiger charge is -2.36. The largest absolute Gasteiger partial charge is 0.374 e. The number of ether oxygens (including phenoxy) is 1. The van der Waals surface area contributed by atoms with Gasteiger partial charge in [0.25, 0.3) is 0 Å². The number of rotatable bonds is 4. The number of hydrogen-bond donors (Lipinski definition) is 0. The Kier molecular flexibility index (Phi) is 5.42. The fourth-order valence-electron chi connectivity index (χ4n) is 3.99. The Balaban J connectivity index is 1.63. The van der Waals surface area contributed by atoms with Crippen LogP contribution in [0.5, 0.6) is 0 Å². The van der Waals surface area contributed by atoms with Crippen LogP contribution in [-0.2, 0) is 14.6 Å². The van der Waals surface area contributed by atoms with Crippen LogP contribution in [0.1, 0.15) is 56.9 Å². The molecule has 0 radical (unpaired) electrons. The average molecular weight is 336 g/mol. The Morgan fingerprint density at radius 1 is 0.957 bits per heavy atom. The minimum Gasteiger partial charge on any atom is -0.374 e. The van der Waals surface area contributed by atoms with Gasteiger partial charge < -0.3 is 4.74 Å². The third-order valence-electron chi connectivity index (χ3n) is 5.34. The SMILES string of the molecule is Cc1ccc(S(=O)(=O)C[C@H]2CCC[C@H](C3CCCCC3)O2)cc1. The molecular formula is C19H28O3S. The Hall–Kier alpha value is -0.870. The van der Waals surface area contributed by atoms with Crippen LogP contribution < -0.4 is 0 Å². The highest BCUT2D eigenvalue weighted by Gasteiger charge is 2.32. The molecule has 0 unspecified atom stereocenters. The van der Waals surface area contributed by atoms with Crippen molar-refractivity contribution in [1.29, 1.82) is 0 Å². The van der Waals surface area contributed by atoms with Gasteiger partial charge in [-0.15, -0.1) is 0 Å². The van der Waals surface area contributed by atoms with E-state index in [9.17, 15) is 8.42 Å². The lowest BCUT2D eigenvalue weighted by Crippen LogP contribution is -2.37. The summed E-state index contributed by atoms with van der Waals surface area (Å²) in [6.07, 6.45) is 9.66. The summed E-state index contributed by atoms with van der Waals surface area (Å²) in [6.45, 7) is 1.97. The topological polar surface area (TPSA) is 43.4 Å². The van der Waals surface area contributed by atoms with Crippen molar-refractivity contribution in [1.82, 2.24) is 0 Å². The van der Waals surface area contributed by atoms with E-state index in [4.69, 9.17) is 4.74 Å². The van der Waals surface area contributed by atoms with Gasteiger partial charge in [-0.3, -0.25) is 0 Å². The zero-order chi connectivity index (χ0) is 16.3. The van der Waals surface area contributed by atoms with E-state index in [1.807, 2.05) is 19.1 Å². The molecule has 1 aliphatic carbocycles. The quantitative estimate of drug-likeness (QED) is 0.824. The first kappa shape index (κ1) is 17.0. The number of hydrogen-bond acceptors (Lipinski definition) is 3. The average Bonchev–Trinajstić information content (AvgIpc) is 2.56. The van der Waals surface area contributed by atoms with Crippen molar-refractivity contribution in [2.75, 3.05) is 5.75 Å². The van der Waals surface area contributed by atoms with E-state index < -0.39 is 9.84 Å². The van der Waals surface area contributed by atoms with Gasteiger partial charge in [-0.1, -0.05) is 37.0 Å². The second kappa shape index (κ2) is 7.35. The van der Waals surface area contributed by atoms with Crippen molar-refractivity contribution in [3.05, 3.63) is 29.8 Å². The lowest BCUT2D eigenvalue weighted by atomic mass is 9.82. The summed E-state index contributed by atoms with van der Waals surface area (Å²) in [4.78, 5) is 0.423. The summed E-state index contributed by atoms with van der Waals surface area (Å²) in [5.41, 5.74) is 1.08. The standard InChI is InChI=1S/C19H28O3S/c1-15-10-12-18(13-11-15)23(20,21)14-17-8-5-9-19(22-17)16-6-3-2-4-7-16/h10-13,16-17,19H,2-9,14H2,1H3/t17-,19-/m1/s1. The zero-order valence-corrected chi connectivity index (χ0v) is 14.9. The van der Waals surface area contributed by atoms with Gasteiger partial charge in [-0.05, 0) is 57.1 Å². The fraction of sp³-hybridized carbons (Fsp3) is 0.684. The van der Waals surface area contributed by atoms with Gasteiger partial charge in [0, 0.05) is 0 Å². The molecule has 2 atom stereocenters. The van der Waals surface area contributed by atoms with E-state index in [0.717, 1.165) is 24.8 Å². The molecule has 2 fully saturated rings. The molecule has 0 bridgehead atoms. The molecule has 1 aromatic rings. The van der Waals surface area contributed by atoms with Crippen LogP contribution in [0.25, 0.3) is 0 Å². The van der Waals surface area contributed by atoms with Gasteiger partial charge in [0.1, 0.15) is 0 Å². The van der Waals surface area contributed by atoms with Gasteiger partial charge in [-0.2, -0.15) is 0 Å². The number of benzene rings is 1. The molecule has 4 heteroatoms. The van der Waals surface area contributed by atoms with Crippen molar-refractivity contribution < 1.29 is 13.2 Å². The minimum atomic E-state index is -3.26. The molecule has 2 aliphatic rings. The van der Waals surface area contributed by atoms with E-state index in [0.29, 0.717) is 10.8 Å². The number of sulfone groups is 1. The molecule has 3 rings (SSSR count). The maximum atomic E-state index is 12.6. The second-order valence-corrected chi connectivity index (χ2v) is 9.25. The van der Waals surface area contributed by atoms with Gasteiger partial charge >= 0.3 is 0 Å².